The summed E-state index contributed by atoms with van der Waals surface area (Å²) in [6.45, 7) is 0. The van der Waals surface area contributed by atoms with E-state index in [0.29, 0.717) is 12.1 Å². The van der Waals surface area contributed by atoms with Gasteiger partial charge in [0.25, 0.3) is 0 Å². The van der Waals surface area contributed by atoms with Crippen LogP contribution in [0, 0.1) is 27.4 Å². The van der Waals surface area contributed by atoms with E-state index in [4.69, 9.17) is 23.2 Å². The summed E-state index contributed by atoms with van der Waals surface area (Å²) < 4.78 is 71.2. The Labute approximate surface area is 201 Å². The van der Waals surface area contributed by atoms with Crippen molar-refractivity contribution in [2.75, 3.05) is 0 Å². The third-order valence-electron chi connectivity index (χ3n) is 3.26. The van der Waals surface area contributed by atoms with Crippen molar-refractivity contribution in [3.63, 3.8) is 0 Å². The first-order valence-corrected chi connectivity index (χ1v) is 13.8. The molecule has 0 fully saturated rings. The van der Waals surface area contributed by atoms with Crippen molar-refractivity contribution in [2.45, 2.75) is 6.52 Å². The molecule has 0 N–H and O–H groups in total. The fourth-order valence-electron chi connectivity index (χ4n) is 1.86. The molecular weight excluding hydrogens is 725 g/mol. The summed E-state index contributed by atoms with van der Waals surface area (Å²) >= 11 is 5.10. The number of sulfone groups is 1. The van der Waals surface area contributed by atoms with Crippen molar-refractivity contribution in [3.05, 3.63) is 73.8 Å². The molecule has 2 rings (SSSR count). The summed E-state index contributed by atoms with van der Waals surface area (Å²) in [5.41, 5.74) is -1.56. The maximum absolute atomic E-state index is 14.5. The van der Waals surface area contributed by atoms with E-state index in [0.717, 1.165) is 24.3 Å². The minimum absolute atomic E-state index is 0.399. The van der Waals surface area contributed by atoms with Gasteiger partial charge in [-0.2, -0.15) is 0 Å². The van der Waals surface area contributed by atoms with E-state index in [2.05, 4.69) is 0 Å². The van der Waals surface area contributed by atoms with Crippen LogP contribution < -0.4 is 42.4 Å². The Morgan fingerprint density at radius 1 is 0.774 bits per heavy atom. The van der Waals surface area contributed by atoms with Crippen LogP contribution in [-0.4, -0.2) is 24.8 Å². The Bertz CT molecular complexity index is 1090. The molecule has 2 aromatic carbocycles. The first-order chi connectivity index (χ1) is 14.1. The van der Waals surface area contributed by atoms with Crippen LogP contribution >= 0.6 is 23.2 Å². The van der Waals surface area contributed by atoms with Gasteiger partial charge in [-0.3, -0.25) is 0 Å². The van der Waals surface area contributed by atoms with Gasteiger partial charge < -0.3 is 0 Å². The normalized spacial score (nSPS) is 12.8. The Kier molecular flexibility index (Phi) is 7.98. The standard InChI is InChI=1S/C14H6Cl2F4I2N2O6S/c15-9-3-1-7(5-11(9)23(25)26)21-13(17,18)31(29,30)14(19,20)22-8-2-4-10(16)12(6-8)24(27)28/h1-6H/q-2. The Hall–Kier alpha value is -1.05. The van der Waals surface area contributed by atoms with E-state index >= 15 is 0 Å². The molecule has 0 saturated heterocycles. The summed E-state index contributed by atoms with van der Waals surface area (Å²) in [6, 6.07) is 4.76. The van der Waals surface area contributed by atoms with Gasteiger partial charge >= 0.3 is 203 Å². The molecule has 31 heavy (non-hydrogen) atoms. The van der Waals surface area contributed by atoms with Gasteiger partial charge in [-0.25, -0.2) is 0 Å². The molecule has 172 valence electrons. The molecule has 0 aliphatic heterocycles. The molecule has 0 atom stereocenters. The second-order valence-electron chi connectivity index (χ2n) is 5.29. The number of rotatable bonds is 8. The molecule has 17 heteroatoms. The van der Waals surface area contributed by atoms with E-state index in [1.807, 2.05) is 0 Å². The number of nitrogens with zero attached hydrogens (tertiary/aromatic N) is 2. The summed E-state index contributed by atoms with van der Waals surface area (Å²) in [6.07, 6.45) is 0. The van der Waals surface area contributed by atoms with Crippen molar-refractivity contribution < 1.29 is 78.2 Å². The zero-order chi connectivity index (χ0) is 23.8. The molecule has 0 saturated carbocycles. The first kappa shape index (κ1) is 26.2. The average molecular weight is 731 g/mol. The Morgan fingerprint density at radius 2 is 1.10 bits per heavy atom. The van der Waals surface area contributed by atoms with Gasteiger partial charge in [0.1, 0.15) is 0 Å². The van der Waals surface area contributed by atoms with Crippen molar-refractivity contribution in [1.29, 1.82) is 0 Å². The van der Waals surface area contributed by atoms with E-state index < -0.39 is 97.2 Å². The monoisotopic (exact) mass is 730 g/mol. The SMILES string of the molecule is O=[N+]([O-])c1cc([I-]C(F)(F)S(=O)(=O)C(F)(F)[I-]c2ccc(Cl)c([N+](=O)[O-])c2)ccc1Cl. The van der Waals surface area contributed by atoms with Crippen LogP contribution in [0.3, 0.4) is 0 Å². The number of alkyl halides is 6. The van der Waals surface area contributed by atoms with Crippen molar-refractivity contribution >= 4 is 44.4 Å². The molecule has 0 aliphatic carbocycles. The topological polar surface area (TPSA) is 120 Å². The molecule has 0 bridgehead atoms. The third-order valence-corrected chi connectivity index (χ3v) is 13.5. The van der Waals surface area contributed by atoms with Crippen LogP contribution in [0.25, 0.3) is 0 Å². The Balaban J connectivity index is 2.37. The molecule has 0 aromatic heterocycles. The number of hydrogen-bond acceptors (Lipinski definition) is 6. The van der Waals surface area contributed by atoms with Crippen molar-refractivity contribution in [2.24, 2.45) is 0 Å². The predicted octanol–water partition coefficient (Wildman–Crippen LogP) is -1.46. The van der Waals surface area contributed by atoms with Crippen LogP contribution in [0.1, 0.15) is 0 Å². The minimum atomic E-state index is -6.40. The Morgan fingerprint density at radius 3 is 1.39 bits per heavy atom. The molecule has 8 nitrogen and oxygen atoms in total. The summed E-state index contributed by atoms with van der Waals surface area (Å²) in [7, 11) is -6.40. The molecule has 0 radical (unpaired) electrons. The van der Waals surface area contributed by atoms with E-state index in [9.17, 15) is 46.2 Å². The second-order valence-corrected chi connectivity index (χ2v) is 15.9. The van der Waals surface area contributed by atoms with Gasteiger partial charge in [-0.05, 0) is 0 Å². The molecule has 0 amide bonds. The number of nitro benzene ring substituents is 2. The third kappa shape index (κ3) is 5.66. The van der Waals surface area contributed by atoms with Gasteiger partial charge in [-0.15, -0.1) is 0 Å². The molecule has 0 aliphatic rings. The number of benzene rings is 2. The molecule has 0 heterocycles. The van der Waals surface area contributed by atoms with E-state index in [1.54, 1.807) is 0 Å². The van der Waals surface area contributed by atoms with Crippen molar-refractivity contribution in [1.82, 2.24) is 0 Å². The zero-order valence-corrected chi connectivity index (χ0v) is 20.9. The van der Waals surface area contributed by atoms with Crippen LogP contribution in [0.5, 0.6) is 0 Å². The fourth-order valence-corrected chi connectivity index (χ4v) is 11.6. The average Bonchev–Trinajstić information content (AvgIpc) is 2.63. The van der Waals surface area contributed by atoms with Gasteiger partial charge in [0.2, 0.25) is 0 Å². The zero-order valence-electron chi connectivity index (χ0n) is 14.2. The van der Waals surface area contributed by atoms with Gasteiger partial charge in [0.05, 0.1) is 0 Å². The van der Waals surface area contributed by atoms with Crippen LogP contribution in [0.15, 0.2) is 36.4 Å². The van der Waals surface area contributed by atoms with Crippen LogP contribution in [0.2, 0.25) is 10.0 Å². The summed E-state index contributed by atoms with van der Waals surface area (Å²) in [4.78, 5) is 19.7. The van der Waals surface area contributed by atoms with Crippen molar-refractivity contribution in [3.8, 4) is 0 Å². The predicted molar refractivity (Wildman–Crippen MR) is 92.4 cm³/mol. The summed E-state index contributed by atoms with van der Waals surface area (Å²) in [5, 5.41) is 20.9. The van der Waals surface area contributed by atoms with Crippen LogP contribution in [0.4, 0.5) is 28.9 Å². The van der Waals surface area contributed by atoms with Gasteiger partial charge in [0, 0.05) is 0 Å². The molecule has 2 aromatic rings. The first-order valence-electron chi connectivity index (χ1n) is 7.28. The van der Waals surface area contributed by atoms with Crippen LogP contribution in [-0.2, 0) is 9.84 Å². The second kappa shape index (κ2) is 9.44. The summed E-state index contributed by atoms with van der Waals surface area (Å²) in [5.74, 6) is 0. The molecular formula is C14H6Cl2F4I2N2O6S-2. The number of nitro groups is 2. The number of halogens is 8. The fraction of sp³-hybridized carbons (Fsp3) is 0.143. The maximum atomic E-state index is 14.5. The molecule has 0 unspecified atom stereocenters. The molecule has 0 spiro atoms. The van der Waals surface area contributed by atoms with E-state index in [-0.39, 0.29) is 0 Å². The van der Waals surface area contributed by atoms with Gasteiger partial charge in [-0.1, -0.05) is 0 Å². The quantitative estimate of drug-likeness (QED) is 0.108. The number of hydrogen-bond donors (Lipinski definition) is 0. The van der Waals surface area contributed by atoms with Gasteiger partial charge in [0.15, 0.2) is 0 Å². The van der Waals surface area contributed by atoms with E-state index in [1.165, 1.54) is 0 Å².